The quantitative estimate of drug-likeness (QED) is 0.147. The van der Waals surface area contributed by atoms with Crippen molar-refractivity contribution >= 4 is 48.3 Å². The van der Waals surface area contributed by atoms with E-state index in [0.717, 1.165) is 6.92 Å². The maximum atomic E-state index is 12.2. The molecule has 0 aromatic heterocycles. The molecule has 3 amide bonds. The number of aliphatic carboxylic acids is 3. The first-order chi connectivity index (χ1) is 12.9. The number of carbonyl (C=O) groups excluding carboxylic acids is 3. The van der Waals surface area contributed by atoms with E-state index in [0.29, 0.717) is 0 Å². The molecule has 158 valence electrons. The molecule has 0 bridgehead atoms. The van der Waals surface area contributed by atoms with E-state index < -0.39 is 72.6 Å². The Bertz CT molecular complexity index is 642. The molecule has 13 nitrogen and oxygen atoms in total. The number of carbonyl (C=O) groups is 6. The van der Waals surface area contributed by atoms with Crippen LogP contribution in [0, 0.1) is 0 Å². The number of hydrogen-bond acceptors (Lipinski definition) is 8. The molecule has 0 heterocycles. The van der Waals surface area contributed by atoms with Gasteiger partial charge in [-0.2, -0.15) is 12.6 Å². The highest BCUT2D eigenvalue weighted by atomic mass is 32.1. The Labute approximate surface area is 164 Å². The van der Waals surface area contributed by atoms with Crippen molar-refractivity contribution in [3.8, 4) is 0 Å². The summed E-state index contributed by atoms with van der Waals surface area (Å²) in [5.74, 6) is -7.44. The highest BCUT2D eigenvalue weighted by molar-refractivity contribution is 7.80. The van der Waals surface area contributed by atoms with Crippen molar-refractivity contribution in [2.24, 2.45) is 5.73 Å². The molecule has 0 aliphatic rings. The molecule has 4 unspecified atom stereocenters. The zero-order valence-corrected chi connectivity index (χ0v) is 15.6. The fourth-order valence-electron chi connectivity index (χ4n) is 1.79. The molecule has 0 radical (unpaired) electrons. The summed E-state index contributed by atoms with van der Waals surface area (Å²) in [6.07, 6.45) is -1.54. The van der Waals surface area contributed by atoms with Crippen LogP contribution in [0.4, 0.5) is 0 Å². The van der Waals surface area contributed by atoms with Crippen LogP contribution in [-0.4, -0.2) is 80.9 Å². The Morgan fingerprint density at radius 1 is 0.821 bits per heavy atom. The second-order valence-electron chi connectivity index (χ2n) is 5.68. The second kappa shape index (κ2) is 11.8. The van der Waals surface area contributed by atoms with E-state index in [1.54, 1.807) is 0 Å². The van der Waals surface area contributed by atoms with Crippen LogP contribution in [0.25, 0.3) is 0 Å². The average molecular weight is 422 g/mol. The standard InChI is InChI=1S/C14H22N4O9S/c1-5(14(26)27)16-12(24)7(3-10(21)22)17-13(25)8(4-28)18-11(23)6(15)2-9(19)20/h5-8,28H,2-4,15H2,1H3,(H,16,24)(H,17,25)(H,18,23)(H,19,20)(H,21,22)(H,26,27). The van der Waals surface area contributed by atoms with E-state index in [4.69, 9.17) is 21.1 Å². The molecule has 0 fully saturated rings. The highest BCUT2D eigenvalue weighted by Gasteiger charge is 2.30. The minimum Gasteiger partial charge on any atom is -0.481 e. The Hall–Kier alpha value is -2.87. The van der Waals surface area contributed by atoms with Crippen LogP contribution in [0.5, 0.6) is 0 Å². The van der Waals surface area contributed by atoms with Gasteiger partial charge in [-0.3, -0.25) is 28.8 Å². The minimum absolute atomic E-state index is 0.274. The maximum absolute atomic E-state index is 12.2. The first-order valence-electron chi connectivity index (χ1n) is 7.83. The van der Waals surface area contributed by atoms with Crippen LogP contribution < -0.4 is 21.7 Å². The summed E-state index contributed by atoms with van der Waals surface area (Å²) < 4.78 is 0. The number of nitrogens with one attached hydrogen (secondary N) is 3. The predicted octanol–water partition coefficient (Wildman–Crippen LogP) is -3.25. The lowest BCUT2D eigenvalue weighted by molar-refractivity contribution is -0.143. The minimum atomic E-state index is -1.63. The summed E-state index contributed by atoms with van der Waals surface area (Å²) in [5, 5.41) is 32.5. The van der Waals surface area contributed by atoms with Crippen molar-refractivity contribution in [2.45, 2.75) is 43.9 Å². The molecule has 0 aromatic carbocycles. The van der Waals surface area contributed by atoms with E-state index in [-0.39, 0.29) is 5.75 Å². The molecule has 28 heavy (non-hydrogen) atoms. The van der Waals surface area contributed by atoms with E-state index in [1.165, 1.54) is 0 Å². The second-order valence-corrected chi connectivity index (χ2v) is 6.04. The van der Waals surface area contributed by atoms with Gasteiger partial charge in [0.2, 0.25) is 17.7 Å². The number of nitrogens with two attached hydrogens (primary N) is 1. The van der Waals surface area contributed by atoms with Crippen LogP contribution in [0.3, 0.4) is 0 Å². The highest BCUT2D eigenvalue weighted by Crippen LogP contribution is 1.99. The van der Waals surface area contributed by atoms with Crippen LogP contribution in [0.15, 0.2) is 0 Å². The smallest absolute Gasteiger partial charge is 0.325 e. The van der Waals surface area contributed by atoms with Crippen LogP contribution >= 0.6 is 12.6 Å². The Kier molecular flexibility index (Phi) is 10.6. The maximum Gasteiger partial charge on any atom is 0.325 e. The van der Waals surface area contributed by atoms with Crippen molar-refractivity contribution in [1.82, 2.24) is 16.0 Å². The van der Waals surface area contributed by atoms with Crippen molar-refractivity contribution in [2.75, 3.05) is 5.75 Å². The van der Waals surface area contributed by atoms with Crippen molar-refractivity contribution in [3.05, 3.63) is 0 Å². The molecule has 4 atom stereocenters. The summed E-state index contributed by atoms with van der Waals surface area (Å²) in [5.41, 5.74) is 5.37. The van der Waals surface area contributed by atoms with E-state index in [2.05, 4.69) is 23.3 Å². The van der Waals surface area contributed by atoms with E-state index in [9.17, 15) is 28.8 Å². The lowest BCUT2D eigenvalue weighted by Crippen LogP contribution is -2.57. The van der Waals surface area contributed by atoms with Crippen molar-refractivity contribution in [3.63, 3.8) is 0 Å². The van der Waals surface area contributed by atoms with Gasteiger partial charge in [0, 0.05) is 5.75 Å². The summed E-state index contributed by atoms with van der Waals surface area (Å²) in [4.78, 5) is 68.4. The van der Waals surface area contributed by atoms with E-state index >= 15 is 0 Å². The van der Waals surface area contributed by atoms with Crippen LogP contribution in [-0.2, 0) is 28.8 Å². The van der Waals surface area contributed by atoms with Gasteiger partial charge in [-0.1, -0.05) is 0 Å². The number of carboxylic acid groups (broad SMARTS) is 3. The molecule has 0 saturated carbocycles. The third-order valence-corrected chi connectivity index (χ3v) is 3.65. The molecule has 0 aromatic rings. The van der Waals surface area contributed by atoms with Gasteiger partial charge in [-0.15, -0.1) is 0 Å². The Morgan fingerprint density at radius 3 is 1.71 bits per heavy atom. The molecule has 0 spiro atoms. The monoisotopic (exact) mass is 422 g/mol. The molecule has 0 aliphatic heterocycles. The molecular formula is C14H22N4O9S. The van der Waals surface area contributed by atoms with Crippen molar-refractivity contribution in [1.29, 1.82) is 0 Å². The predicted molar refractivity (Wildman–Crippen MR) is 95.4 cm³/mol. The fraction of sp³-hybridized carbons (Fsp3) is 0.571. The largest absolute Gasteiger partial charge is 0.481 e. The number of rotatable bonds is 12. The van der Waals surface area contributed by atoms with Gasteiger partial charge >= 0.3 is 17.9 Å². The summed E-state index contributed by atoms with van der Waals surface area (Å²) in [6.45, 7) is 1.14. The van der Waals surface area contributed by atoms with E-state index in [1.807, 2.05) is 5.32 Å². The number of hydrogen-bond donors (Lipinski definition) is 8. The zero-order chi connectivity index (χ0) is 22.0. The molecule has 14 heteroatoms. The molecular weight excluding hydrogens is 400 g/mol. The summed E-state index contributed by atoms with van der Waals surface area (Å²) >= 11 is 3.87. The number of carboxylic acids is 3. The lowest BCUT2D eigenvalue weighted by Gasteiger charge is -2.23. The number of amides is 3. The normalized spacial score (nSPS) is 14.7. The lowest BCUT2D eigenvalue weighted by atomic mass is 10.1. The zero-order valence-electron chi connectivity index (χ0n) is 14.7. The number of thiol groups is 1. The van der Waals surface area contributed by atoms with Gasteiger partial charge in [0.1, 0.15) is 18.1 Å². The van der Waals surface area contributed by atoms with Crippen LogP contribution in [0.2, 0.25) is 0 Å². The Balaban J connectivity index is 5.12. The SMILES string of the molecule is CC(NC(=O)C(CC(=O)O)NC(=O)C(CS)NC(=O)C(N)CC(=O)O)C(=O)O. The van der Waals surface area contributed by atoms with Gasteiger partial charge in [0.15, 0.2) is 0 Å². The van der Waals surface area contributed by atoms with Crippen LogP contribution in [0.1, 0.15) is 19.8 Å². The van der Waals surface area contributed by atoms with Gasteiger partial charge in [-0.25, -0.2) is 0 Å². The van der Waals surface area contributed by atoms with Gasteiger partial charge < -0.3 is 37.0 Å². The molecule has 0 saturated heterocycles. The van der Waals surface area contributed by atoms with Crippen molar-refractivity contribution < 1.29 is 44.1 Å². The van der Waals surface area contributed by atoms with Gasteiger partial charge in [0.05, 0.1) is 18.9 Å². The van der Waals surface area contributed by atoms with Gasteiger partial charge in [0.25, 0.3) is 0 Å². The third kappa shape index (κ3) is 9.18. The van der Waals surface area contributed by atoms with Gasteiger partial charge in [-0.05, 0) is 6.92 Å². The fourth-order valence-corrected chi connectivity index (χ4v) is 2.04. The average Bonchev–Trinajstić information content (AvgIpc) is 2.57. The topological polar surface area (TPSA) is 225 Å². The summed E-state index contributed by atoms with van der Waals surface area (Å²) in [6, 6.07) is -5.76. The first-order valence-corrected chi connectivity index (χ1v) is 8.46. The Morgan fingerprint density at radius 2 is 1.29 bits per heavy atom. The molecule has 0 aliphatic carbocycles. The summed E-state index contributed by atoms with van der Waals surface area (Å²) in [7, 11) is 0. The molecule has 8 N–H and O–H groups in total. The third-order valence-electron chi connectivity index (χ3n) is 3.29. The first kappa shape index (κ1) is 25.1. The molecule has 0 rings (SSSR count).